The van der Waals surface area contributed by atoms with Crippen molar-refractivity contribution in [2.75, 3.05) is 26.1 Å². The van der Waals surface area contributed by atoms with Gasteiger partial charge in [0.2, 0.25) is 5.91 Å². The number of esters is 1. The third-order valence-electron chi connectivity index (χ3n) is 2.76. The first-order valence-electron chi connectivity index (χ1n) is 6.84. The van der Waals surface area contributed by atoms with Crippen molar-refractivity contribution in [2.24, 2.45) is 0 Å². The van der Waals surface area contributed by atoms with Crippen molar-refractivity contribution in [2.45, 2.75) is 19.4 Å². The summed E-state index contributed by atoms with van der Waals surface area (Å²) in [7, 11) is 5.21. The monoisotopic (exact) mass is 323 g/mol. The molecule has 1 atom stereocenters. The summed E-state index contributed by atoms with van der Waals surface area (Å²) in [4.78, 5) is 29.3. The van der Waals surface area contributed by atoms with Crippen molar-refractivity contribution in [1.82, 2.24) is 10.3 Å². The number of carbonyl (C=O) groups excluding carboxylic acids is 2. The highest BCUT2D eigenvalue weighted by Gasteiger charge is 2.17. The molecular weight excluding hydrogens is 302 g/mol. The maximum absolute atomic E-state index is 11.7. The van der Waals surface area contributed by atoms with Crippen LogP contribution in [-0.4, -0.2) is 44.1 Å². The Labute approximate surface area is 134 Å². The highest BCUT2D eigenvalue weighted by molar-refractivity contribution is 7.16. The molecule has 0 aliphatic carbocycles. The Balaban J connectivity index is 2.51. The Hall–Kier alpha value is -2.15. The zero-order chi connectivity index (χ0) is 16.5. The van der Waals surface area contributed by atoms with E-state index in [0.717, 1.165) is 10.0 Å². The van der Waals surface area contributed by atoms with E-state index in [-0.39, 0.29) is 5.91 Å². The first kappa shape index (κ1) is 17.9. The molecule has 1 amide bonds. The minimum atomic E-state index is -0.618. The standard InChI is InChI=1S/C15H21N3O3S/c1-5-11(15(20)21-4)17-12(19)8-6-7-9-13-16-10-14(22-13)18(2)3/h6-11H,5H2,1-4H3,(H,17,19)/b8-6+,9-7+/t11-/m1/s1. The fraction of sp³-hybridized carbons (Fsp3) is 0.400. The molecule has 0 spiro atoms. The number of amides is 1. The van der Waals surface area contributed by atoms with E-state index in [1.165, 1.54) is 13.2 Å². The molecule has 0 bridgehead atoms. The number of thiazole rings is 1. The molecule has 1 aromatic rings. The van der Waals surface area contributed by atoms with Crippen LogP contribution in [0, 0.1) is 0 Å². The van der Waals surface area contributed by atoms with E-state index in [2.05, 4.69) is 15.0 Å². The molecular formula is C15H21N3O3S. The number of nitrogens with one attached hydrogen (secondary N) is 1. The summed E-state index contributed by atoms with van der Waals surface area (Å²) in [5, 5.41) is 4.50. The third-order valence-corrected chi connectivity index (χ3v) is 3.89. The lowest BCUT2D eigenvalue weighted by Gasteiger charge is -2.12. The summed E-state index contributed by atoms with van der Waals surface area (Å²) in [6.07, 6.45) is 8.80. The summed E-state index contributed by atoms with van der Waals surface area (Å²) in [6.45, 7) is 1.80. The molecule has 0 unspecified atom stereocenters. The van der Waals surface area contributed by atoms with E-state index in [4.69, 9.17) is 0 Å². The summed E-state index contributed by atoms with van der Waals surface area (Å²) in [6, 6.07) is -0.618. The van der Waals surface area contributed by atoms with Gasteiger partial charge >= 0.3 is 5.97 Å². The molecule has 1 heterocycles. The molecule has 0 saturated carbocycles. The summed E-state index contributed by atoms with van der Waals surface area (Å²) >= 11 is 1.55. The number of rotatable bonds is 7. The lowest BCUT2D eigenvalue weighted by atomic mass is 10.2. The summed E-state index contributed by atoms with van der Waals surface area (Å²) < 4.78 is 4.61. The molecule has 0 saturated heterocycles. The second-order valence-corrected chi connectivity index (χ2v) is 5.68. The molecule has 0 radical (unpaired) electrons. The van der Waals surface area contributed by atoms with Gasteiger partial charge in [0.05, 0.1) is 13.3 Å². The Bertz CT molecular complexity index is 564. The molecule has 1 N–H and O–H groups in total. The topological polar surface area (TPSA) is 71.5 Å². The predicted molar refractivity (Wildman–Crippen MR) is 88.9 cm³/mol. The minimum absolute atomic E-state index is 0.338. The van der Waals surface area contributed by atoms with Gasteiger partial charge in [-0.15, -0.1) is 0 Å². The average molecular weight is 323 g/mol. The maximum atomic E-state index is 11.7. The molecule has 1 aromatic heterocycles. The Morgan fingerprint density at radius 3 is 2.73 bits per heavy atom. The maximum Gasteiger partial charge on any atom is 0.328 e. The van der Waals surface area contributed by atoms with Crippen molar-refractivity contribution < 1.29 is 14.3 Å². The fourth-order valence-corrected chi connectivity index (χ4v) is 2.29. The van der Waals surface area contributed by atoms with Crippen LogP contribution in [0.1, 0.15) is 18.4 Å². The number of nitrogens with zero attached hydrogens (tertiary/aromatic N) is 2. The van der Waals surface area contributed by atoms with Crippen molar-refractivity contribution >= 4 is 34.3 Å². The van der Waals surface area contributed by atoms with E-state index >= 15 is 0 Å². The molecule has 0 aliphatic heterocycles. The number of hydrogen-bond acceptors (Lipinski definition) is 6. The van der Waals surface area contributed by atoms with Crippen molar-refractivity contribution in [3.63, 3.8) is 0 Å². The van der Waals surface area contributed by atoms with Crippen LogP contribution in [0.2, 0.25) is 0 Å². The van der Waals surface area contributed by atoms with E-state index in [9.17, 15) is 9.59 Å². The van der Waals surface area contributed by atoms with Crippen LogP contribution in [0.15, 0.2) is 24.4 Å². The highest BCUT2D eigenvalue weighted by atomic mass is 32.1. The molecule has 1 rings (SSSR count). The Kier molecular flexibility index (Phi) is 7.31. The van der Waals surface area contributed by atoms with Gasteiger partial charge in [0.25, 0.3) is 0 Å². The molecule has 22 heavy (non-hydrogen) atoms. The number of allylic oxidation sites excluding steroid dienone is 2. The van der Waals surface area contributed by atoms with E-state index in [0.29, 0.717) is 6.42 Å². The third kappa shape index (κ3) is 5.69. The smallest absolute Gasteiger partial charge is 0.328 e. The number of ether oxygens (including phenoxy) is 1. The molecule has 0 aliphatic rings. The SMILES string of the molecule is CC[C@@H](NC(=O)/C=C/C=C/c1ncc(N(C)C)s1)C(=O)OC. The van der Waals surface area contributed by atoms with E-state index in [1.807, 2.05) is 25.1 Å². The quantitative estimate of drug-likeness (QED) is 0.471. The van der Waals surface area contributed by atoms with Crippen molar-refractivity contribution in [3.8, 4) is 0 Å². The predicted octanol–water partition coefficient (Wildman–Crippen LogP) is 1.85. The van der Waals surface area contributed by atoms with Crippen LogP contribution in [0.5, 0.6) is 0 Å². The van der Waals surface area contributed by atoms with E-state index in [1.54, 1.807) is 36.6 Å². The molecule has 7 heteroatoms. The molecule has 120 valence electrons. The zero-order valence-electron chi connectivity index (χ0n) is 13.2. The minimum Gasteiger partial charge on any atom is -0.467 e. The number of hydrogen-bond donors (Lipinski definition) is 1. The van der Waals surface area contributed by atoms with Gasteiger partial charge in [-0.2, -0.15) is 0 Å². The van der Waals surface area contributed by atoms with Gasteiger partial charge in [-0.1, -0.05) is 30.4 Å². The molecule has 6 nitrogen and oxygen atoms in total. The van der Waals surface area contributed by atoms with Gasteiger partial charge in [-0.3, -0.25) is 4.79 Å². The average Bonchev–Trinajstić information content (AvgIpc) is 2.97. The number of carbonyl (C=O) groups is 2. The van der Waals surface area contributed by atoms with Gasteiger partial charge in [-0.25, -0.2) is 9.78 Å². The van der Waals surface area contributed by atoms with Gasteiger partial charge < -0.3 is 15.0 Å². The number of methoxy groups -OCH3 is 1. The van der Waals surface area contributed by atoms with Crippen LogP contribution in [0.4, 0.5) is 5.00 Å². The van der Waals surface area contributed by atoms with Crippen molar-refractivity contribution in [1.29, 1.82) is 0 Å². The van der Waals surface area contributed by atoms with Crippen LogP contribution < -0.4 is 10.2 Å². The van der Waals surface area contributed by atoms with Crippen LogP contribution in [0.3, 0.4) is 0 Å². The fourth-order valence-electron chi connectivity index (χ4n) is 1.53. The Morgan fingerprint density at radius 1 is 1.45 bits per heavy atom. The molecule has 0 fully saturated rings. The van der Waals surface area contributed by atoms with Gasteiger partial charge in [0.15, 0.2) is 0 Å². The summed E-state index contributed by atoms with van der Waals surface area (Å²) in [5.74, 6) is -0.784. The summed E-state index contributed by atoms with van der Waals surface area (Å²) in [5.41, 5.74) is 0. The van der Waals surface area contributed by atoms with Crippen LogP contribution in [0.25, 0.3) is 6.08 Å². The normalized spacial score (nSPS) is 12.5. The second kappa shape index (κ2) is 8.99. The largest absolute Gasteiger partial charge is 0.467 e. The van der Waals surface area contributed by atoms with Crippen LogP contribution >= 0.6 is 11.3 Å². The van der Waals surface area contributed by atoms with Crippen molar-refractivity contribution in [3.05, 3.63) is 29.4 Å². The second-order valence-electron chi connectivity index (χ2n) is 4.64. The Morgan fingerprint density at radius 2 is 2.18 bits per heavy atom. The van der Waals surface area contributed by atoms with Gasteiger partial charge in [0, 0.05) is 20.2 Å². The van der Waals surface area contributed by atoms with E-state index < -0.39 is 12.0 Å². The number of aromatic nitrogens is 1. The molecule has 0 aromatic carbocycles. The number of anilines is 1. The zero-order valence-corrected chi connectivity index (χ0v) is 14.0. The lowest BCUT2D eigenvalue weighted by Crippen LogP contribution is -2.40. The van der Waals surface area contributed by atoms with Gasteiger partial charge in [-0.05, 0) is 12.5 Å². The first-order chi connectivity index (χ1) is 10.5. The van der Waals surface area contributed by atoms with Crippen LogP contribution in [-0.2, 0) is 14.3 Å². The first-order valence-corrected chi connectivity index (χ1v) is 7.65. The van der Waals surface area contributed by atoms with Gasteiger partial charge in [0.1, 0.15) is 16.1 Å². The highest BCUT2D eigenvalue weighted by Crippen LogP contribution is 2.21. The lowest BCUT2D eigenvalue weighted by molar-refractivity contribution is -0.144.